The zero-order valence-electron chi connectivity index (χ0n) is 19.0. The molecule has 0 radical (unpaired) electrons. The maximum absolute atomic E-state index is 12.6. The lowest BCUT2D eigenvalue weighted by Gasteiger charge is -2.23. The SMILES string of the molecule is CCCCCc1cc(O)c(-c2cccc(C)c2)c(O)c1CN(C)C(=O)OC1CCCC1. The number of carbonyl (C=O) groups excluding carboxylic acids is 1. The van der Waals surface area contributed by atoms with Gasteiger partial charge in [0.25, 0.3) is 0 Å². The monoisotopic (exact) mass is 425 g/mol. The highest BCUT2D eigenvalue weighted by molar-refractivity contribution is 5.79. The minimum atomic E-state index is -0.365. The van der Waals surface area contributed by atoms with Gasteiger partial charge in [0, 0.05) is 12.6 Å². The fraction of sp³-hybridized carbons (Fsp3) is 0.500. The van der Waals surface area contributed by atoms with E-state index in [0.29, 0.717) is 11.1 Å². The van der Waals surface area contributed by atoms with E-state index in [1.165, 1.54) is 4.90 Å². The quantitative estimate of drug-likeness (QED) is 0.486. The lowest BCUT2D eigenvalue weighted by Crippen LogP contribution is -2.30. The van der Waals surface area contributed by atoms with E-state index < -0.39 is 0 Å². The molecule has 1 saturated carbocycles. The third-order valence-electron chi connectivity index (χ3n) is 6.11. The Morgan fingerprint density at radius 2 is 1.90 bits per heavy atom. The zero-order valence-corrected chi connectivity index (χ0v) is 19.0. The van der Waals surface area contributed by atoms with Crippen LogP contribution >= 0.6 is 0 Å². The van der Waals surface area contributed by atoms with Crippen LogP contribution in [0.2, 0.25) is 0 Å². The van der Waals surface area contributed by atoms with Gasteiger partial charge in [-0.2, -0.15) is 0 Å². The topological polar surface area (TPSA) is 70.0 Å². The van der Waals surface area contributed by atoms with Gasteiger partial charge in [-0.15, -0.1) is 0 Å². The van der Waals surface area contributed by atoms with Crippen molar-refractivity contribution < 1.29 is 19.7 Å². The summed E-state index contributed by atoms with van der Waals surface area (Å²) in [5.41, 5.74) is 3.77. The number of aromatic hydroxyl groups is 2. The number of aryl methyl sites for hydroxylation is 2. The van der Waals surface area contributed by atoms with E-state index in [1.807, 2.05) is 31.2 Å². The van der Waals surface area contributed by atoms with Crippen molar-refractivity contribution in [3.63, 3.8) is 0 Å². The van der Waals surface area contributed by atoms with Crippen LogP contribution in [0.4, 0.5) is 4.79 Å². The highest BCUT2D eigenvalue weighted by Gasteiger charge is 2.24. The average molecular weight is 426 g/mol. The first kappa shape index (κ1) is 23.0. The normalized spacial score (nSPS) is 14.0. The number of amides is 1. The molecule has 1 aliphatic rings. The number of carbonyl (C=O) groups is 1. The first-order valence-corrected chi connectivity index (χ1v) is 11.5. The number of benzene rings is 2. The third kappa shape index (κ3) is 5.72. The number of hydrogen-bond acceptors (Lipinski definition) is 4. The van der Waals surface area contributed by atoms with Gasteiger partial charge in [-0.25, -0.2) is 4.79 Å². The second-order valence-electron chi connectivity index (χ2n) is 8.73. The van der Waals surface area contributed by atoms with Crippen LogP contribution in [-0.2, 0) is 17.7 Å². The molecule has 31 heavy (non-hydrogen) atoms. The number of unbranched alkanes of at least 4 members (excludes halogenated alkanes) is 2. The molecule has 1 aliphatic carbocycles. The molecule has 3 rings (SSSR count). The van der Waals surface area contributed by atoms with Crippen molar-refractivity contribution in [2.45, 2.75) is 77.9 Å². The van der Waals surface area contributed by atoms with Crippen molar-refractivity contribution in [3.8, 4) is 22.6 Å². The van der Waals surface area contributed by atoms with Gasteiger partial charge >= 0.3 is 6.09 Å². The van der Waals surface area contributed by atoms with Crippen LogP contribution < -0.4 is 0 Å². The Morgan fingerprint density at radius 3 is 2.58 bits per heavy atom. The van der Waals surface area contributed by atoms with Crippen LogP contribution in [0.3, 0.4) is 0 Å². The Balaban J connectivity index is 1.92. The van der Waals surface area contributed by atoms with Gasteiger partial charge in [-0.05, 0) is 62.6 Å². The van der Waals surface area contributed by atoms with E-state index in [9.17, 15) is 15.0 Å². The van der Waals surface area contributed by atoms with Gasteiger partial charge in [0.15, 0.2) is 0 Å². The third-order valence-corrected chi connectivity index (χ3v) is 6.11. The van der Waals surface area contributed by atoms with Crippen molar-refractivity contribution in [1.29, 1.82) is 0 Å². The van der Waals surface area contributed by atoms with Crippen molar-refractivity contribution in [1.82, 2.24) is 4.90 Å². The molecule has 0 heterocycles. The number of phenols is 2. The molecule has 0 saturated heterocycles. The van der Waals surface area contributed by atoms with E-state index in [2.05, 4.69) is 6.92 Å². The molecule has 1 fully saturated rings. The fourth-order valence-corrected chi connectivity index (χ4v) is 4.34. The number of rotatable bonds is 8. The summed E-state index contributed by atoms with van der Waals surface area (Å²) in [4.78, 5) is 14.1. The summed E-state index contributed by atoms with van der Waals surface area (Å²) in [6.45, 7) is 4.35. The van der Waals surface area contributed by atoms with Crippen molar-refractivity contribution in [3.05, 3.63) is 47.0 Å². The summed E-state index contributed by atoms with van der Waals surface area (Å²) < 4.78 is 5.63. The first-order valence-electron chi connectivity index (χ1n) is 11.5. The van der Waals surface area contributed by atoms with Crippen molar-refractivity contribution >= 4 is 6.09 Å². The van der Waals surface area contributed by atoms with Gasteiger partial charge in [-0.1, -0.05) is 49.6 Å². The molecule has 5 heteroatoms. The number of hydrogen-bond donors (Lipinski definition) is 2. The van der Waals surface area contributed by atoms with Gasteiger partial charge in [0.2, 0.25) is 0 Å². The van der Waals surface area contributed by atoms with E-state index in [4.69, 9.17) is 4.74 Å². The molecule has 0 unspecified atom stereocenters. The molecule has 0 bridgehead atoms. The summed E-state index contributed by atoms with van der Waals surface area (Å²) in [7, 11) is 1.70. The molecule has 2 aromatic rings. The molecule has 2 aromatic carbocycles. The summed E-state index contributed by atoms with van der Waals surface area (Å²) in [5, 5.41) is 22.0. The number of nitrogens with zero attached hydrogens (tertiary/aromatic N) is 1. The molecule has 0 spiro atoms. The van der Waals surface area contributed by atoms with Crippen LogP contribution in [0.1, 0.15) is 68.6 Å². The average Bonchev–Trinajstić information content (AvgIpc) is 3.23. The summed E-state index contributed by atoms with van der Waals surface area (Å²) in [5.74, 6) is 0.104. The van der Waals surface area contributed by atoms with Crippen LogP contribution in [-0.4, -0.2) is 34.4 Å². The largest absolute Gasteiger partial charge is 0.507 e. The van der Waals surface area contributed by atoms with Crippen molar-refractivity contribution in [2.75, 3.05) is 7.05 Å². The molecular formula is C26H35NO4. The van der Waals surface area contributed by atoms with E-state index >= 15 is 0 Å². The predicted octanol–water partition coefficient (Wildman–Crippen LogP) is 6.32. The van der Waals surface area contributed by atoms with E-state index in [1.54, 1.807) is 13.1 Å². The fourth-order valence-electron chi connectivity index (χ4n) is 4.34. The lowest BCUT2D eigenvalue weighted by atomic mass is 9.92. The molecule has 0 aliphatic heterocycles. The summed E-state index contributed by atoms with van der Waals surface area (Å²) in [6.07, 6.45) is 7.53. The molecular weight excluding hydrogens is 390 g/mol. The molecule has 2 N–H and O–H groups in total. The Bertz CT molecular complexity index is 903. The lowest BCUT2D eigenvalue weighted by molar-refractivity contribution is 0.0701. The highest BCUT2D eigenvalue weighted by atomic mass is 16.6. The Hall–Kier alpha value is -2.69. The van der Waals surface area contributed by atoms with Crippen LogP contribution in [0, 0.1) is 6.92 Å². The highest BCUT2D eigenvalue weighted by Crippen LogP contribution is 2.42. The Labute approximate surface area is 185 Å². The van der Waals surface area contributed by atoms with Gasteiger partial charge in [-0.3, -0.25) is 0 Å². The minimum Gasteiger partial charge on any atom is -0.507 e. The van der Waals surface area contributed by atoms with Crippen LogP contribution in [0.15, 0.2) is 30.3 Å². The first-order chi connectivity index (χ1) is 14.9. The maximum Gasteiger partial charge on any atom is 0.410 e. The molecule has 5 nitrogen and oxygen atoms in total. The van der Waals surface area contributed by atoms with Crippen LogP contribution in [0.5, 0.6) is 11.5 Å². The summed E-state index contributed by atoms with van der Waals surface area (Å²) >= 11 is 0. The smallest absolute Gasteiger partial charge is 0.410 e. The molecule has 1 amide bonds. The predicted molar refractivity (Wildman–Crippen MR) is 123 cm³/mol. The van der Waals surface area contributed by atoms with E-state index in [-0.39, 0.29) is 30.2 Å². The number of ether oxygens (including phenoxy) is 1. The summed E-state index contributed by atoms with van der Waals surface area (Å²) in [6, 6.07) is 9.44. The standard InChI is InChI=1S/C26H35NO4/c1-4-5-6-11-19-16-23(28)24(20-12-9-10-18(2)15-20)25(29)22(19)17-27(3)26(30)31-21-13-7-8-14-21/h9-10,12,15-16,21,28-29H,4-8,11,13-14,17H2,1-3H3. The van der Waals surface area contributed by atoms with Gasteiger partial charge in [0.05, 0.1) is 12.1 Å². The van der Waals surface area contributed by atoms with Gasteiger partial charge < -0.3 is 19.8 Å². The van der Waals surface area contributed by atoms with E-state index in [0.717, 1.165) is 68.1 Å². The molecule has 0 atom stereocenters. The van der Waals surface area contributed by atoms with Crippen LogP contribution in [0.25, 0.3) is 11.1 Å². The van der Waals surface area contributed by atoms with Gasteiger partial charge in [0.1, 0.15) is 17.6 Å². The minimum absolute atomic E-state index is 0.00440. The number of phenolic OH excluding ortho intramolecular Hbond substituents is 2. The Kier molecular flexibility index (Phi) is 7.83. The molecule has 0 aromatic heterocycles. The van der Waals surface area contributed by atoms with Crippen molar-refractivity contribution in [2.24, 2.45) is 0 Å². The second-order valence-corrected chi connectivity index (χ2v) is 8.73. The maximum atomic E-state index is 12.6. The zero-order chi connectivity index (χ0) is 22.4. The molecule has 168 valence electrons. The second kappa shape index (κ2) is 10.6. The Morgan fingerprint density at radius 1 is 1.16 bits per heavy atom.